The van der Waals surface area contributed by atoms with Crippen LogP contribution in [0.3, 0.4) is 0 Å². The number of aliphatic hydroxyl groups excluding tert-OH is 1. The van der Waals surface area contributed by atoms with Crippen LogP contribution in [-0.2, 0) is 0 Å². The first kappa shape index (κ1) is 13.0. The molecule has 0 saturated heterocycles. The fourth-order valence-electron chi connectivity index (χ4n) is 2.12. The Balaban J connectivity index is 2.42. The van der Waals surface area contributed by atoms with Gasteiger partial charge in [0.1, 0.15) is 0 Å². The van der Waals surface area contributed by atoms with Crippen molar-refractivity contribution in [1.82, 2.24) is 4.98 Å². The standard InChI is InChI=1S/C15H20N2O/c1-3-15(2,10-16)14(18)12-6-7-13-11(9-12)5-4-8-17-13/h4-9,14,18H,3,10,16H2,1-2H3. The first-order chi connectivity index (χ1) is 8.60. The second-order valence-electron chi connectivity index (χ2n) is 5.07. The molecule has 2 unspecified atom stereocenters. The maximum Gasteiger partial charge on any atom is 0.0855 e. The van der Waals surface area contributed by atoms with Crippen LogP contribution in [0.2, 0.25) is 0 Å². The zero-order valence-electron chi connectivity index (χ0n) is 10.9. The molecule has 96 valence electrons. The van der Waals surface area contributed by atoms with Crippen LogP contribution < -0.4 is 5.73 Å². The lowest BCUT2D eigenvalue weighted by molar-refractivity contribution is 0.0393. The summed E-state index contributed by atoms with van der Waals surface area (Å²) >= 11 is 0. The molecule has 0 aliphatic rings. The zero-order valence-corrected chi connectivity index (χ0v) is 10.9. The number of aliphatic hydroxyl groups is 1. The van der Waals surface area contributed by atoms with Gasteiger partial charge < -0.3 is 10.8 Å². The highest BCUT2D eigenvalue weighted by atomic mass is 16.3. The van der Waals surface area contributed by atoms with E-state index in [1.54, 1.807) is 6.20 Å². The minimum Gasteiger partial charge on any atom is -0.388 e. The fourth-order valence-corrected chi connectivity index (χ4v) is 2.12. The molecule has 3 N–H and O–H groups in total. The van der Waals surface area contributed by atoms with E-state index >= 15 is 0 Å². The van der Waals surface area contributed by atoms with Crippen LogP contribution in [0.5, 0.6) is 0 Å². The van der Waals surface area contributed by atoms with Crippen molar-refractivity contribution in [3.8, 4) is 0 Å². The van der Waals surface area contributed by atoms with Crippen LogP contribution in [-0.4, -0.2) is 16.6 Å². The lowest BCUT2D eigenvalue weighted by Crippen LogP contribution is -2.33. The van der Waals surface area contributed by atoms with Crippen molar-refractivity contribution in [3.63, 3.8) is 0 Å². The number of hydrogen-bond donors (Lipinski definition) is 2. The number of hydrogen-bond acceptors (Lipinski definition) is 3. The lowest BCUT2D eigenvalue weighted by Gasteiger charge is -2.32. The van der Waals surface area contributed by atoms with Crippen LogP contribution in [0.4, 0.5) is 0 Å². The summed E-state index contributed by atoms with van der Waals surface area (Å²) in [6.45, 7) is 4.54. The maximum absolute atomic E-state index is 10.5. The molecule has 0 spiro atoms. The number of rotatable bonds is 4. The summed E-state index contributed by atoms with van der Waals surface area (Å²) in [5.74, 6) is 0. The van der Waals surface area contributed by atoms with E-state index in [1.807, 2.05) is 37.3 Å². The minimum absolute atomic E-state index is 0.282. The van der Waals surface area contributed by atoms with Crippen LogP contribution >= 0.6 is 0 Å². The summed E-state index contributed by atoms with van der Waals surface area (Å²) in [6.07, 6.45) is 2.07. The molecule has 0 saturated carbocycles. The number of fused-ring (bicyclic) bond motifs is 1. The molecule has 18 heavy (non-hydrogen) atoms. The summed E-state index contributed by atoms with van der Waals surface area (Å²) in [7, 11) is 0. The van der Waals surface area contributed by atoms with Crippen LogP contribution in [0.1, 0.15) is 31.9 Å². The molecule has 2 aromatic rings. The summed E-state index contributed by atoms with van der Waals surface area (Å²) in [6, 6.07) is 9.78. The molecular weight excluding hydrogens is 224 g/mol. The predicted octanol–water partition coefficient (Wildman–Crippen LogP) is 2.64. The van der Waals surface area contributed by atoms with E-state index in [0.717, 1.165) is 22.9 Å². The van der Waals surface area contributed by atoms with E-state index in [1.165, 1.54) is 0 Å². The number of benzene rings is 1. The molecule has 0 fully saturated rings. The van der Waals surface area contributed by atoms with Crippen LogP contribution in [0.25, 0.3) is 10.9 Å². The van der Waals surface area contributed by atoms with E-state index in [9.17, 15) is 5.11 Å². The lowest BCUT2D eigenvalue weighted by atomic mass is 9.78. The van der Waals surface area contributed by atoms with Crippen molar-refractivity contribution in [1.29, 1.82) is 0 Å². The molecule has 3 nitrogen and oxygen atoms in total. The summed E-state index contributed by atoms with van der Waals surface area (Å²) in [5, 5.41) is 11.5. The Morgan fingerprint density at radius 3 is 2.83 bits per heavy atom. The Morgan fingerprint density at radius 2 is 2.17 bits per heavy atom. The van der Waals surface area contributed by atoms with Gasteiger partial charge in [-0.15, -0.1) is 0 Å². The Morgan fingerprint density at radius 1 is 1.39 bits per heavy atom. The van der Waals surface area contributed by atoms with E-state index in [2.05, 4.69) is 11.9 Å². The van der Waals surface area contributed by atoms with Gasteiger partial charge in [0.25, 0.3) is 0 Å². The molecule has 2 rings (SSSR count). The first-order valence-corrected chi connectivity index (χ1v) is 6.33. The molecule has 1 aromatic heterocycles. The van der Waals surface area contributed by atoms with Gasteiger partial charge in [-0.25, -0.2) is 0 Å². The quantitative estimate of drug-likeness (QED) is 0.869. The van der Waals surface area contributed by atoms with Crippen molar-refractivity contribution < 1.29 is 5.11 Å². The van der Waals surface area contributed by atoms with E-state index in [0.29, 0.717) is 6.54 Å². The molecule has 0 bridgehead atoms. The average Bonchev–Trinajstić information content (AvgIpc) is 2.45. The number of pyridine rings is 1. The highest BCUT2D eigenvalue weighted by Crippen LogP contribution is 2.36. The van der Waals surface area contributed by atoms with E-state index in [-0.39, 0.29) is 5.41 Å². The van der Waals surface area contributed by atoms with Gasteiger partial charge in [0.05, 0.1) is 11.6 Å². The summed E-state index contributed by atoms with van der Waals surface area (Å²) < 4.78 is 0. The molecule has 0 aliphatic heterocycles. The Hall–Kier alpha value is -1.45. The normalized spacial score (nSPS) is 16.4. The molecule has 0 radical (unpaired) electrons. The maximum atomic E-state index is 10.5. The van der Waals surface area contributed by atoms with Gasteiger partial charge in [-0.3, -0.25) is 4.98 Å². The fraction of sp³-hybridized carbons (Fsp3) is 0.400. The smallest absolute Gasteiger partial charge is 0.0855 e. The van der Waals surface area contributed by atoms with Crippen molar-refractivity contribution in [2.24, 2.45) is 11.1 Å². The van der Waals surface area contributed by atoms with Gasteiger partial charge in [-0.2, -0.15) is 0 Å². The molecule has 2 atom stereocenters. The molecule has 1 aromatic carbocycles. The predicted molar refractivity (Wildman–Crippen MR) is 74.2 cm³/mol. The monoisotopic (exact) mass is 244 g/mol. The largest absolute Gasteiger partial charge is 0.388 e. The highest BCUT2D eigenvalue weighted by molar-refractivity contribution is 5.79. The van der Waals surface area contributed by atoms with Crippen molar-refractivity contribution >= 4 is 10.9 Å². The van der Waals surface area contributed by atoms with Gasteiger partial charge >= 0.3 is 0 Å². The van der Waals surface area contributed by atoms with Crippen molar-refractivity contribution in [2.45, 2.75) is 26.4 Å². The topological polar surface area (TPSA) is 59.1 Å². The number of nitrogens with zero attached hydrogens (tertiary/aromatic N) is 1. The van der Waals surface area contributed by atoms with Gasteiger partial charge in [-0.05, 0) is 30.2 Å². The third-order valence-electron chi connectivity index (χ3n) is 3.88. The zero-order chi connectivity index (χ0) is 13.2. The molecule has 1 heterocycles. The Bertz CT molecular complexity index is 535. The first-order valence-electron chi connectivity index (χ1n) is 6.33. The summed E-state index contributed by atoms with van der Waals surface area (Å²) in [5.41, 5.74) is 7.37. The molecule has 0 amide bonds. The van der Waals surface area contributed by atoms with Crippen LogP contribution in [0.15, 0.2) is 36.5 Å². The highest BCUT2D eigenvalue weighted by Gasteiger charge is 2.30. The van der Waals surface area contributed by atoms with E-state index < -0.39 is 6.10 Å². The van der Waals surface area contributed by atoms with Crippen LogP contribution in [0, 0.1) is 5.41 Å². The third-order valence-corrected chi connectivity index (χ3v) is 3.88. The van der Waals surface area contributed by atoms with E-state index in [4.69, 9.17) is 5.73 Å². The van der Waals surface area contributed by atoms with Gasteiger partial charge in [0.15, 0.2) is 0 Å². The molecular formula is C15H20N2O. The van der Waals surface area contributed by atoms with Gasteiger partial charge in [-0.1, -0.05) is 26.0 Å². The number of aromatic nitrogens is 1. The number of nitrogens with two attached hydrogens (primary N) is 1. The second kappa shape index (κ2) is 5.04. The Kier molecular flexibility index (Phi) is 3.64. The van der Waals surface area contributed by atoms with Gasteiger partial charge in [0.2, 0.25) is 0 Å². The van der Waals surface area contributed by atoms with Crippen molar-refractivity contribution in [2.75, 3.05) is 6.54 Å². The van der Waals surface area contributed by atoms with Crippen molar-refractivity contribution in [3.05, 3.63) is 42.1 Å². The average molecular weight is 244 g/mol. The SMILES string of the molecule is CCC(C)(CN)C(O)c1ccc2ncccc2c1. The molecule has 0 aliphatic carbocycles. The molecule has 3 heteroatoms. The minimum atomic E-state index is -0.544. The summed E-state index contributed by atoms with van der Waals surface area (Å²) in [4.78, 5) is 4.28. The third kappa shape index (κ3) is 2.24. The Labute approximate surface area is 108 Å². The second-order valence-corrected chi connectivity index (χ2v) is 5.07. The van der Waals surface area contributed by atoms with Gasteiger partial charge in [0, 0.05) is 23.5 Å².